The minimum Gasteiger partial charge on any atom is -0.472 e. The first-order valence-corrected chi connectivity index (χ1v) is 7.36. The number of carbonyl (C=O) groups is 1. The third-order valence-corrected chi connectivity index (χ3v) is 4.16. The summed E-state index contributed by atoms with van der Waals surface area (Å²) in [6.45, 7) is 2.27. The third kappa shape index (κ3) is 3.20. The van der Waals surface area contributed by atoms with Crippen LogP contribution in [0.2, 0.25) is 0 Å². The number of piperidine rings is 1. The molecule has 110 valence electrons. The molecule has 4 nitrogen and oxygen atoms in total. The molecule has 1 saturated heterocycles. The molecular formula is C15H21FN2O2. The van der Waals surface area contributed by atoms with E-state index in [1.165, 1.54) is 0 Å². The maximum atomic E-state index is 14.8. The van der Waals surface area contributed by atoms with Crippen molar-refractivity contribution in [2.75, 3.05) is 19.6 Å². The summed E-state index contributed by atoms with van der Waals surface area (Å²) in [6, 6.07) is 1.88. The van der Waals surface area contributed by atoms with Gasteiger partial charge in [0.25, 0.3) is 5.91 Å². The average molecular weight is 280 g/mol. The number of furan rings is 1. The zero-order chi connectivity index (χ0) is 14.0. The fourth-order valence-electron chi connectivity index (χ4n) is 2.77. The molecule has 1 unspecified atom stereocenters. The Bertz CT molecular complexity index is 458. The van der Waals surface area contributed by atoms with Gasteiger partial charge in [0.05, 0.1) is 12.5 Å². The van der Waals surface area contributed by atoms with Crippen molar-refractivity contribution in [3.8, 4) is 0 Å². The van der Waals surface area contributed by atoms with Crippen molar-refractivity contribution in [2.24, 2.45) is 5.92 Å². The second kappa shape index (κ2) is 5.56. The highest BCUT2D eigenvalue weighted by Gasteiger charge is 2.42. The molecule has 20 heavy (non-hydrogen) atoms. The van der Waals surface area contributed by atoms with E-state index < -0.39 is 11.6 Å². The monoisotopic (exact) mass is 280 g/mol. The van der Waals surface area contributed by atoms with Crippen LogP contribution in [0, 0.1) is 5.92 Å². The molecule has 0 spiro atoms. The first-order chi connectivity index (χ1) is 9.66. The molecule has 2 heterocycles. The summed E-state index contributed by atoms with van der Waals surface area (Å²) < 4.78 is 19.9. The van der Waals surface area contributed by atoms with Crippen molar-refractivity contribution in [2.45, 2.75) is 37.9 Å². The number of nitrogens with zero attached hydrogens (tertiary/aromatic N) is 1. The number of halogens is 1. The van der Waals surface area contributed by atoms with Crippen LogP contribution in [-0.2, 0) is 11.3 Å². The third-order valence-electron chi connectivity index (χ3n) is 4.16. The van der Waals surface area contributed by atoms with Crippen LogP contribution in [0.5, 0.6) is 0 Å². The molecule has 5 heteroatoms. The molecule has 1 aliphatic heterocycles. The Morgan fingerprint density at radius 3 is 3.10 bits per heavy atom. The van der Waals surface area contributed by atoms with Gasteiger partial charge in [0, 0.05) is 25.2 Å². The molecule has 0 bridgehead atoms. The predicted molar refractivity (Wildman–Crippen MR) is 72.8 cm³/mol. The van der Waals surface area contributed by atoms with E-state index in [1.54, 1.807) is 12.5 Å². The second-order valence-electron chi connectivity index (χ2n) is 6.06. The maximum Gasteiger partial charge on any atom is 0.259 e. The molecule has 0 aromatic carbocycles. The molecule has 1 N–H and O–H groups in total. The van der Waals surface area contributed by atoms with Crippen LogP contribution in [0.25, 0.3) is 0 Å². The SMILES string of the molecule is O=C(NCC1CC1)C1(F)CCCN(Cc2ccoc2)C1. The van der Waals surface area contributed by atoms with E-state index in [2.05, 4.69) is 5.32 Å². The fraction of sp³-hybridized carbons (Fsp3) is 0.667. The first-order valence-electron chi connectivity index (χ1n) is 7.36. The summed E-state index contributed by atoms with van der Waals surface area (Å²) in [6.07, 6.45) is 6.64. The summed E-state index contributed by atoms with van der Waals surface area (Å²) >= 11 is 0. The Hall–Kier alpha value is -1.36. The molecule has 1 aromatic heterocycles. The highest BCUT2D eigenvalue weighted by Crippen LogP contribution is 2.30. The first kappa shape index (κ1) is 13.6. The minimum absolute atomic E-state index is 0.175. The van der Waals surface area contributed by atoms with Gasteiger partial charge in [-0.3, -0.25) is 9.69 Å². The van der Waals surface area contributed by atoms with E-state index in [1.807, 2.05) is 11.0 Å². The Labute approximate surface area is 118 Å². The number of hydrogen-bond donors (Lipinski definition) is 1. The summed E-state index contributed by atoms with van der Waals surface area (Å²) in [7, 11) is 0. The van der Waals surface area contributed by atoms with Crippen LogP contribution in [0.1, 0.15) is 31.2 Å². The van der Waals surface area contributed by atoms with E-state index in [0.717, 1.165) is 24.9 Å². The Kier molecular flexibility index (Phi) is 3.78. The van der Waals surface area contributed by atoms with Crippen LogP contribution in [0.3, 0.4) is 0 Å². The second-order valence-corrected chi connectivity index (χ2v) is 6.06. The molecule has 1 aromatic rings. The van der Waals surface area contributed by atoms with E-state index in [0.29, 0.717) is 31.8 Å². The Morgan fingerprint density at radius 1 is 1.55 bits per heavy atom. The largest absolute Gasteiger partial charge is 0.472 e. The topological polar surface area (TPSA) is 45.5 Å². The molecule has 1 amide bonds. The van der Waals surface area contributed by atoms with E-state index in [-0.39, 0.29) is 6.54 Å². The predicted octanol–water partition coefficient (Wildman–Crippen LogP) is 2.11. The van der Waals surface area contributed by atoms with Gasteiger partial charge in [0.1, 0.15) is 0 Å². The quantitative estimate of drug-likeness (QED) is 0.898. The lowest BCUT2D eigenvalue weighted by atomic mass is 9.93. The number of amides is 1. The van der Waals surface area contributed by atoms with Crippen molar-refractivity contribution < 1.29 is 13.6 Å². The lowest BCUT2D eigenvalue weighted by Crippen LogP contribution is -2.54. The number of carbonyl (C=O) groups excluding carboxylic acids is 1. The zero-order valence-corrected chi connectivity index (χ0v) is 11.6. The normalized spacial score (nSPS) is 27.4. The van der Waals surface area contributed by atoms with Crippen molar-refractivity contribution in [3.05, 3.63) is 24.2 Å². The summed E-state index contributed by atoms with van der Waals surface area (Å²) in [4.78, 5) is 14.1. The smallest absolute Gasteiger partial charge is 0.259 e. The number of hydrogen-bond acceptors (Lipinski definition) is 3. The van der Waals surface area contributed by atoms with Crippen molar-refractivity contribution in [3.63, 3.8) is 0 Å². The van der Waals surface area contributed by atoms with Crippen molar-refractivity contribution in [1.29, 1.82) is 0 Å². The molecule has 1 saturated carbocycles. The number of rotatable bonds is 5. The Morgan fingerprint density at radius 2 is 2.40 bits per heavy atom. The van der Waals surface area contributed by atoms with Crippen molar-refractivity contribution in [1.82, 2.24) is 10.2 Å². The molecule has 0 radical (unpaired) electrons. The minimum atomic E-state index is -1.74. The standard InChI is InChI=1S/C15H21FN2O2/c16-15(14(19)17-8-12-2-3-12)5-1-6-18(11-15)9-13-4-7-20-10-13/h4,7,10,12H,1-3,5-6,8-9,11H2,(H,17,19). The van der Waals surface area contributed by atoms with Crippen LogP contribution in [0.4, 0.5) is 4.39 Å². The van der Waals surface area contributed by atoms with Crippen LogP contribution < -0.4 is 5.32 Å². The van der Waals surface area contributed by atoms with Crippen LogP contribution in [-0.4, -0.2) is 36.1 Å². The van der Waals surface area contributed by atoms with Gasteiger partial charge in [0.15, 0.2) is 0 Å². The van der Waals surface area contributed by atoms with Gasteiger partial charge in [-0.05, 0) is 44.2 Å². The van der Waals surface area contributed by atoms with Crippen LogP contribution >= 0.6 is 0 Å². The average Bonchev–Trinajstić information content (AvgIpc) is 3.13. The van der Waals surface area contributed by atoms with Gasteiger partial charge in [-0.25, -0.2) is 4.39 Å². The van der Waals surface area contributed by atoms with E-state index in [4.69, 9.17) is 4.42 Å². The fourth-order valence-corrected chi connectivity index (χ4v) is 2.77. The lowest BCUT2D eigenvalue weighted by Gasteiger charge is -2.36. The number of nitrogens with one attached hydrogen (secondary N) is 1. The molecule has 1 atom stereocenters. The zero-order valence-electron chi connectivity index (χ0n) is 11.6. The molecular weight excluding hydrogens is 259 g/mol. The van der Waals surface area contributed by atoms with Gasteiger partial charge < -0.3 is 9.73 Å². The summed E-state index contributed by atoms with van der Waals surface area (Å²) in [5, 5.41) is 2.78. The van der Waals surface area contributed by atoms with Gasteiger partial charge in [0.2, 0.25) is 5.67 Å². The Balaban J connectivity index is 1.55. The number of alkyl halides is 1. The maximum absolute atomic E-state index is 14.8. The van der Waals surface area contributed by atoms with Gasteiger partial charge in [-0.15, -0.1) is 0 Å². The van der Waals surface area contributed by atoms with Crippen LogP contribution in [0.15, 0.2) is 23.0 Å². The molecule has 2 fully saturated rings. The van der Waals surface area contributed by atoms with E-state index >= 15 is 0 Å². The van der Waals surface area contributed by atoms with Gasteiger partial charge >= 0.3 is 0 Å². The highest BCUT2D eigenvalue weighted by atomic mass is 19.1. The highest BCUT2D eigenvalue weighted by molar-refractivity contribution is 5.85. The van der Waals surface area contributed by atoms with Gasteiger partial charge in [-0.1, -0.05) is 0 Å². The van der Waals surface area contributed by atoms with Crippen molar-refractivity contribution >= 4 is 5.91 Å². The van der Waals surface area contributed by atoms with E-state index in [9.17, 15) is 9.18 Å². The van der Waals surface area contributed by atoms with Gasteiger partial charge in [-0.2, -0.15) is 0 Å². The summed E-state index contributed by atoms with van der Waals surface area (Å²) in [5.74, 6) is 0.148. The molecule has 1 aliphatic carbocycles. The number of likely N-dealkylation sites (tertiary alicyclic amines) is 1. The lowest BCUT2D eigenvalue weighted by molar-refractivity contribution is -0.136. The molecule has 3 rings (SSSR count). The summed E-state index contributed by atoms with van der Waals surface area (Å²) in [5.41, 5.74) is -0.718. The molecule has 2 aliphatic rings.